The molecule has 17 nitrogen and oxygen atoms in total. The summed E-state index contributed by atoms with van der Waals surface area (Å²) < 4.78 is 69.7. The third-order valence-corrected chi connectivity index (χ3v) is 10.5. The lowest BCUT2D eigenvalue weighted by atomic mass is 10.5. The van der Waals surface area contributed by atoms with E-state index in [1.165, 1.54) is 0 Å². The van der Waals surface area contributed by atoms with Crippen molar-refractivity contribution in [1.82, 2.24) is 25.6 Å². The lowest BCUT2D eigenvalue weighted by molar-refractivity contribution is 0.199. The molecule has 0 aliphatic heterocycles. The molecule has 0 aliphatic rings. The van der Waals surface area contributed by atoms with Crippen molar-refractivity contribution in [2.75, 3.05) is 58.0 Å². The average molecular weight is 689 g/mol. The zero-order chi connectivity index (χ0) is 32.5. The molecule has 0 saturated heterocycles. The fourth-order valence-corrected chi connectivity index (χ4v) is 7.44. The molecule has 1 rings (SSSR count). The van der Waals surface area contributed by atoms with E-state index >= 15 is 0 Å². The van der Waals surface area contributed by atoms with E-state index in [0.29, 0.717) is 0 Å². The van der Waals surface area contributed by atoms with Crippen molar-refractivity contribution >= 4 is 54.1 Å². The van der Waals surface area contributed by atoms with E-state index in [1.807, 2.05) is 0 Å². The van der Waals surface area contributed by atoms with Gasteiger partial charge in [0.25, 0.3) is 5.57 Å². The molecule has 5 N–H and O–H groups in total. The number of nitrogens with zero attached hydrogens (tertiary/aromatic N) is 3. The molecule has 0 amide bonds. The maximum atomic E-state index is 13.5. The molecule has 0 aromatic carbocycles. The van der Waals surface area contributed by atoms with Gasteiger partial charge < -0.3 is 25.0 Å². The first-order chi connectivity index (χ1) is 20.4. The SMILES string of the molecule is C=C(NCCNc1nc(P(=O)(OCC)OCC)nc([P+](O)(OCC)OCC)n1)NC(=CC(=N)[P+](=O)OCC)[P+](=O)OCC. The Kier molecular flexibility index (Phi) is 18.4. The molecule has 2 unspecified atom stereocenters. The van der Waals surface area contributed by atoms with Crippen LogP contribution in [0.15, 0.2) is 23.9 Å². The maximum absolute atomic E-state index is 13.5. The minimum absolute atomic E-state index is 0.0279. The van der Waals surface area contributed by atoms with Crippen molar-refractivity contribution < 1.29 is 45.7 Å². The minimum Gasteiger partial charge on any atom is -0.370 e. The molecule has 242 valence electrons. The van der Waals surface area contributed by atoms with Gasteiger partial charge >= 0.3 is 48.1 Å². The summed E-state index contributed by atoms with van der Waals surface area (Å²) in [6.45, 7) is 14.6. The van der Waals surface area contributed by atoms with E-state index in [9.17, 15) is 18.6 Å². The Morgan fingerprint density at radius 2 is 1.51 bits per heavy atom. The second-order valence-corrected chi connectivity index (χ2v) is 14.0. The Balaban J connectivity index is 3.14. The highest BCUT2D eigenvalue weighted by Crippen LogP contribution is 2.55. The van der Waals surface area contributed by atoms with Crippen molar-refractivity contribution in [3.63, 3.8) is 0 Å². The lowest BCUT2D eigenvalue weighted by Gasteiger charge is -2.18. The van der Waals surface area contributed by atoms with Crippen molar-refractivity contribution in [1.29, 1.82) is 5.41 Å². The van der Waals surface area contributed by atoms with Crippen LogP contribution in [0.5, 0.6) is 0 Å². The van der Waals surface area contributed by atoms with Gasteiger partial charge in [0.05, 0.1) is 38.3 Å². The van der Waals surface area contributed by atoms with Crippen LogP contribution in [-0.2, 0) is 40.8 Å². The van der Waals surface area contributed by atoms with E-state index in [-0.39, 0.29) is 86.5 Å². The number of anilines is 1. The van der Waals surface area contributed by atoms with E-state index in [4.69, 9.17) is 32.6 Å². The highest BCUT2D eigenvalue weighted by Gasteiger charge is 2.50. The van der Waals surface area contributed by atoms with E-state index in [2.05, 4.69) is 37.5 Å². The normalized spacial score (nSPS) is 13.0. The summed E-state index contributed by atoms with van der Waals surface area (Å²) in [5, 5.41) is 16.6. The predicted molar refractivity (Wildman–Crippen MR) is 165 cm³/mol. The first kappa shape index (κ1) is 39.2. The Morgan fingerprint density at radius 1 is 0.930 bits per heavy atom. The Morgan fingerprint density at radius 3 is 2.05 bits per heavy atom. The van der Waals surface area contributed by atoms with Gasteiger partial charge in [-0.15, -0.1) is 9.05 Å². The van der Waals surface area contributed by atoms with Crippen LogP contribution in [0.4, 0.5) is 5.95 Å². The third kappa shape index (κ3) is 13.0. The van der Waals surface area contributed by atoms with Crippen LogP contribution in [0.3, 0.4) is 0 Å². The standard InChI is InChI=1S/C22H42N7O10P4/c1-8-34-40(30)18(23)16-19(41(31)35-9-2)26-17(7)24-14-15-25-20-27-21(42(32,36-10-3)37-11-4)29-22(28-20)43(33,38-12-5)39-13-6/h16,23-24,26,32H,7-15H2,1-6H3,(H,25,27,28,29)/q+3. The molecule has 0 radical (unpaired) electrons. The number of rotatable bonds is 24. The number of hydrogen-bond donors (Lipinski definition) is 5. The number of nitrogens with one attached hydrogen (secondary N) is 4. The highest BCUT2D eigenvalue weighted by molar-refractivity contribution is 7.68. The quantitative estimate of drug-likeness (QED) is 0.0593. The Labute approximate surface area is 254 Å². The summed E-state index contributed by atoms with van der Waals surface area (Å²) in [6.07, 6.45) is 1.11. The largest absolute Gasteiger partial charge is 0.568 e. The van der Waals surface area contributed by atoms with E-state index < -0.39 is 31.6 Å². The zero-order valence-corrected chi connectivity index (χ0v) is 28.8. The second-order valence-electron chi connectivity index (χ2n) is 7.67. The predicted octanol–water partition coefficient (Wildman–Crippen LogP) is 3.65. The van der Waals surface area contributed by atoms with Gasteiger partial charge in [-0.05, 0) is 50.7 Å². The van der Waals surface area contributed by atoms with Crippen molar-refractivity contribution in [2.45, 2.75) is 41.5 Å². The Hall–Kier alpha value is -1.86. The van der Waals surface area contributed by atoms with Gasteiger partial charge in [-0.25, -0.2) is 0 Å². The monoisotopic (exact) mass is 688 g/mol. The third-order valence-electron chi connectivity index (χ3n) is 4.50. The van der Waals surface area contributed by atoms with Crippen LogP contribution in [-0.4, -0.2) is 78.0 Å². The zero-order valence-electron chi connectivity index (χ0n) is 25.2. The van der Waals surface area contributed by atoms with Gasteiger partial charge in [0.2, 0.25) is 5.95 Å². The summed E-state index contributed by atoms with van der Waals surface area (Å²) >= 11 is 0. The fourth-order valence-electron chi connectivity index (χ4n) is 2.95. The van der Waals surface area contributed by atoms with Crippen molar-refractivity contribution in [3.05, 3.63) is 23.9 Å². The second kappa shape index (κ2) is 20.2. The molecular formula is C22H42N7O10P4+3. The first-order valence-electron chi connectivity index (χ1n) is 13.4. The van der Waals surface area contributed by atoms with Crippen LogP contribution in [0.25, 0.3) is 0 Å². The van der Waals surface area contributed by atoms with Crippen LogP contribution < -0.4 is 27.1 Å². The minimum atomic E-state index is -3.98. The van der Waals surface area contributed by atoms with E-state index in [0.717, 1.165) is 6.08 Å². The molecule has 0 fully saturated rings. The molecular weight excluding hydrogens is 646 g/mol. The number of hydrogen-bond acceptors (Lipinski definition) is 17. The van der Waals surface area contributed by atoms with Crippen LogP contribution in [0.2, 0.25) is 0 Å². The van der Waals surface area contributed by atoms with Crippen LogP contribution >= 0.6 is 31.6 Å². The molecule has 1 aromatic rings. The molecule has 2 atom stereocenters. The number of allylic oxidation sites excluding steroid dienone is 1. The molecule has 0 aliphatic carbocycles. The topological polar surface area (TPSA) is 225 Å². The van der Waals surface area contributed by atoms with Gasteiger partial charge in [0, 0.05) is 13.1 Å². The van der Waals surface area contributed by atoms with Gasteiger partial charge in [-0.3, -0.25) is 9.97 Å². The van der Waals surface area contributed by atoms with Gasteiger partial charge in [0.1, 0.15) is 13.2 Å². The average Bonchev–Trinajstić information content (AvgIpc) is 2.95. The number of aromatic nitrogens is 3. The van der Waals surface area contributed by atoms with Crippen molar-refractivity contribution in [3.8, 4) is 0 Å². The summed E-state index contributed by atoms with van der Waals surface area (Å²) in [5.74, 6) is 0.128. The molecule has 43 heavy (non-hydrogen) atoms. The first-order valence-corrected chi connectivity index (χ1v) is 18.9. The fraction of sp³-hybridized carbons (Fsp3) is 0.636. The van der Waals surface area contributed by atoms with Crippen LogP contribution in [0.1, 0.15) is 41.5 Å². The van der Waals surface area contributed by atoms with Gasteiger partial charge in [-0.2, -0.15) is 28.9 Å². The lowest BCUT2D eigenvalue weighted by Crippen LogP contribution is -2.34. The molecule has 0 saturated carbocycles. The molecule has 1 aromatic heterocycles. The summed E-state index contributed by atoms with van der Waals surface area (Å²) in [5.41, 5.74) is -0.996. The summed E-state index contributed by atoms with van der Waals surface area (Å²) in [6, 6.07) is 0. The van der Waals surface area contributed by atoms with E-state index in [1.54, 1.807) is 41.5 Å². The summed E-state index contributed by atoms with van der Waals surface area (Å²) in [7, 11) is -12.6. The van der Waals surface area contributed by atoms with Crippen molar-refractivity contribution in [2.24, 2.45) is 0 Å². The molecule has 1 heterocycles. The molecule has 21 heteroatoms. The molecule has 0 spiro atoms. The van der Waals surface area contributed by atoms with Gasteiger partial charge in [-0.1, -0.05) is 6.58 Å². The maximum Gasteiger partial charge on any atom is 0.568 e. The van der Waals surface area contributed by atoms with Crippen LogP contribution in [0, 0.1) is 5.41 Å². The summed E-state index contributed by atoms with van der Waals surface area (Å²) in [4.78, 5) is 23.7. The Bertz CT molecular complexity index is 1180. The van der Waals surface area contributed by atoms with Gasteiger partial charge in [0.15, 0.2) is 0 Å². The highest BCUT2D eigenvalue weighted by atomic mass is 31.2. The smallest absolute Gasteiger partial charge is 0.370 e. The molecule has 0 bridgehead atoms.